The molecule has 10 atom stereocenters. The molecule has 2 unspecified atom stereocenters. The van der Waals surface area contributed by atoms with Gasteiger partial charge < -0.3 is 61.0 Å². The van der Waals surface area contributed by atoms with E-state index in [9.17, 15) is 40.2 Å². The molecule has 0 aromatic carbocycles. The van der Waals surface area contributed by atoms with Gasteiger partial charge in [0, 0.05) is 13.8 Å². The number of hydrogen-bond donors (Lipinski definition) is 10. The van der Waals surface area contributed by atoms with Gasteiger partial charge in [0.05, 0.1) is 13.2 Å². The lowest BCUT2D eigenvalue weighted by Crippen LogP contribution is -2.63. The minimum Gasteiger partial charge on any atom is -0.394 e. The van der Waals surface area contributed by atoms with Gasteiger partial charge in [-0.05, 0) is 0 Å². The molecule has 0 saturated carbocycles. The highest BCUT2D eigenvalue weighted by Gasteiger charge is 2.44. The van der Waals surface area contributed by atoms with Gasteiger partial charge >= 0.3 is 0 Å². The molecule has 0 aliphatic carbocycles. The number of nitrogens with one attached hydrogen (secondary N) is 2. The van der Waals surface area contributed by atoms with Crippen molar-refractivity contribution in [3.8, 4) is 0 Å². The van der Waals surface area contributed by atoms with Gasteiger partial charge in [0.1, 0.15) is 48.7 Å². The van der Waals surface area contributed by atoms with Gasteiger partial charge in [-0.25, -0.2) is 0 Å². The van der Waals surface area contributed by atoms with Crippen LogP contribution in [0.4, 0.5) is 0 Å². The fourth-order valence-electron chi connectivity index (χ4n) is 2.98. The Bertz CT molecular complexity index is 518. The quantitative estimate of drug-likeness (QED) is 0.196. The molecule has 2 saturated heterocycles. The Morgan fingerprint density at radius 1 is 0.667 bits per heavy atom. The van der Waals surface area contributed by atoms with Crippen molar-refractivity contribution in [2.75, 3.05) is 13.2 Å². The van der Waals surface area contributed by atoms with E-state index in [0.29, 0.717) is 0 Å². The molecule has 0 aromatic heterocycles. The van der Waals surface area contributed by atoms with Crippen LogP contribution in [0.1, 0.15) is 13.8 Å². The number of aliphatic hydroxyl groups is 8. The Morgan fingerprint density at radius 2 is 0.967 bits per heavy atom. The third-order valence-corrected chi connectivity index (χ3v) is 4.54. The fourth-order valence-corrected chi connectivity index (χ4v) is 2.98. The highest BCUT2D eigenvalue weighted by Crippen LogP contribution is 2.20. The molecule has 2 heterocycles. The van der Waals surface area contributed by atoms with Gasteiger partial charge in [0.25, 0.3) is 0 Å². The Hall–Kier alpha value is -1.46. The van der Waals surface area contributed by atoms with Crippen molar-refractivity contribution in [1.82, 2.24) is 10.6 Å². The first-order valence-electron chi connectivity index (χ1n) is 9.09. The van der Waals surface area contributed by atoms with Crippen molar-refractivity contribution in [2.45, 2.75) is 75.1 Å². The van der Waals surface area contributed by atoms with Crippen LogP contribution in [0.5, 0.6) is 0 Å². The van der Waals surface area contributed by atoms with Gasteiger partial charge in [-0.2, -0.15) is 0 Å². The molecule has 30 heavy (non-hydrogen) atoms. The van der Waals surface area contributed by atoms with Gasteiger partial charge in [-0.15, -0.1) is 0 Å². The molecule has 2 aliphatic heterocycles. The van der Waals surface area contributed by atoms with Crippen LogP contribution in [0.2, 0.25) is 0 Å². The molecule has 14 nitrogen and oxygen atoms in total. The molecule has 0 radical (unpaired) electrons. The number of rotatable bonds is 4. The second-order valence-electron chi connectivity index (χ2n) is 6.91. The van der Waals surface area contributed by atoms with E-state index in [1.165, 1.54) is 13.8 Å². The molecule has 2 rings (SSSR count). The normalized spacial score (nSPS) is 41.3. The summed E-state index contributed by atoms with van der Waals surface area (Å²) in [6, 6.07) is -2.19. The maximum atomic E-state index is 10.7. The predicted octanol–water partition coefficient (Wildman–Crippen LogP) is -6.16. The molecule has 2 fully saturated rings. The lowest BCUT2D eigenvalue weighted by molar-refractivity contribution is -0.253. The van der Waals surface area contributed by atoms with E-state index in [0.717, 1.165) is 0 Å². The van der Waals surface area contributed by atoms with Crippen LogP contribution in [0.25, 0.3) is 0 Å². The van der Waals surface area contributed by atoms with Gasteiger partial charge in [-0.3, -0.25) is 9.59 Å². The third-order valence-electron chi connectivity index (χ3n) is 4.54. The van der Waals surface area contributed by atoms with E-state index in [-0.39, 0.29) is 0 Å². The monoisotopic (exact) mass is 442 g/mol. The summed E-state index contributed by atoms with van der Waals surface area (Å²) in [5, 5.41) is 78.8. The Balaban J connectivity index is 0.000000300. The minimum atomic E-state index is -1.45. The number of hydrogen-bond acceptors (Lipinski definition) is 12. The van der Waals surface area contributed by atoms with E-state index in [1.54, 1.807) is 0 Å². The second kappa shape index (κ2) is 11.8. The molecular weight excluding hydrogens is 412 g/mol. The Morgan fingerprint density at radius 3 is 1.20 bits per heavy atom. The topological polar surface area (TPSA) is 238 Å². The number of carbonyl (C=O) groups excluding carboxylic acids is 2. The van der Waals surface area contributed by atoms with Crippen molar-refractivity contribution >= 4 is 11.8 Å². The Labute approximate surface area is 171 Å². The molecule has 2 aliphatic rings. The summed E-state index contributed by atoms with van der Waals surface area (Å²) in [7, 11) is 0. The summed E-state index contributed by atoms with van der Waals surface area (Å²) >= 11 is 0. The first kappa shape index (κ1) is 26.6. The van der Waals surface area contributed by atoms with Crippen LogP contribution >= 0.6 is 0 Å². The summed E-state index contributed by atoms with van der Waals surface area (Å²) in [5.74, 6) is -0.923. The van der Waals surface area contributed by atoms with E-state index in [4.69, 9.17) is 19.7 Å². The van der Waals surface area contributed by atoms with Crippen LogP contribution < -0.4 is 10.6 Å². The van der Waals surface area contributed by atoms with Gasteiger partial charge in [0.15, 0.2) is 12.6 Å². The van der Waals surface area contributed by atoms with Crippen molar-refractivity contribution in [1.29, 1.82) is 0 Å². The van der Waals surface area contributed by atoms with E-state index >= 15 is 0 Å². The maximum Gasteiger partial charge on any atom is 0.217 e. The number of aliphatic hydroxyl groups excluding tert-OH is 8. The molecular formula is C16H30N2O12. The average molecular weight is 442 g/mol. The fraction of sp³-hybridized carbons (Fsp3) is 0.875. The lowest BCUT2D eigenvalue weighted by atomic mass is 9.97. The largest absolute Gasteiger partial charge is 0.394 e. The summed E-state index contributed by atoms with van der Waals surface area (Å²) < 4.78 is 9.62. The van der Waals surface area contributed by atoms with Gasteiger partial charge in [0.2, 0.25) is 11.8 Å². The van der Waals surface area contributed by atoms with E-state index in [1.807, 2.05) is 0 Å². The highest BCUT2D eigenvalue weighted by atomic mass is 16.6. The zero-order chi connectivity index (χ0) is 23.2. The standard InChI is InChI=1S/2C8H15NO6/c2*1-3(11)9-5-7(13)6(12)4(2-10)15-8(5)14/h2*4-8,10,12-14H,2H2,1H3,(H,9,11)/t2*4-,5-,6-,7-,8?/m11/s1. The minimum absolute atomic E-state index is 0.462. The smallest absolute Gasteiger partial charge is 0.217 e. The van der Waals surface area contributed by atoms with Crippen molar-refractivity contribution in [2.24, 2.45) is 0 Å². The average Bonchev–Trinajstić information content (AvgIpc) is 2.68. The third kappa shape index (κ3) is 6.78. The van der Waals surface area contributed by atoms with Crippen LogP contribution in [0.15, 0.2) is 0 Å². The zero-order valence-corrected chi connectivity index (χ0v) is 16.4. The van der Waals surface area contributed by atoms with Crippen LogP contribution in [0, 0.1) is 0 Å². The maximum absolute atomic E-state index is 10.7. The number of ether oxygens (including phenoxy) is 2. The van der Waals surface area contributed by atoms with Crippen molar-refractivity contribution < 1.29 is 59.9 Å². The molecule has 14 heteroatoms. The summed E-state index contributed by atoms with van der Waals surface area (Å²) in [6.45, 7) is 1.37. The zero-order valence-electron chi connectivity index (χ0n) is 16.4. The van der Waals surface area contributed by atoms with Crippen molar-refractivity contribution in [3.05, 3.63) is 0 Å². The van der Waals surface area contributed by atoms with Gasteiger partial charge in [-0.1, -0.05) is 0 Å². The first-order chi connectivity index (χ1) is 13.9. The second-order valence-corrected chi connectivity index (χ2v) is 6.91. The summed E-state index contributed by atoms with van der Waals surface area (Å²) in [5.41, 5.74) is 0. The molecule has 0 spiro atoms. The highest BCUT2D eigenvalue weighted by molar-refractivity contribution is 5.73. The Kier molecular flexibility index (Phi) is 10.5. The van der Waals surface area contributed by atoms with Crippen LogP contribution in [-0.2, 0) is 19.1 Å². The first-order valence-corrected chi connectivity index (χ1v) is 9.09. The molecule has 176 valence electrons. The molecule has 0 bridgehead atoms. The molecule has 0 aromatic rings. The van der Waals surface area contributed by atoms with Crippen LogP contribution in [-0.4, -0.2) is 127 Å². The summed E-state index contributed by atoms with van der Waals surface area (Å²) in [4.78, 5) is 21.5. The SMILES string of the molecule is CC(=O)N[C@H]1C(O)O[C@H](CO)[C@@H](O)[C@@H]1O.CC(=O)N[C@H]1C(O)O[C@H](CO)[C@@H](O)[C@@H]1O. The van der Waals surface area contributed by atoms with E-state index < -0.39 is 86.3 Å². The molecule has 2 amide bonds. The lowest BCUT2D eigenvalue weighted by Gasteiger charge is -2.40. The summed E-state index contributed by atoms with van der Waals surface area (Å²) in [6.07, 6.45) is -10.5. The molecule has 10 N–H and O–H groups in total. The van der Waals surface area contributed by atoms with Crippen molar-refractivity contribution in [3.63, 3.8) is 0 Å². The predicted molar refractivity (Wildman–Crippen MR) is 95.2 cm³/mol. The van der Waals surface area contributed by atoms with E-state index in [2.05, 4.69) is 10.6 Å². The number of amides is 2. The van der Waals surface area contributed by atoms with Crippen LogP contribution in [0.3, 0.4) is 0 Å². The number of carbonyl (C=O) groups is 2.